The van der Waals surface area contributed by atoms with Crippen molar-refractivity contribution in [1.29, 1.82) is 0 Å². The Labute approximate surface area is 154 Å². The van der Waals surface area contributed by atoms with Crippen molar-refractivity contribution < 1.29 is 14.0 Å². The molecule has 136 valence electrons. The van der Waals surface area contributed by atoms with Gasteiger partial charge in [0.05, 0.1) is 25.5 Å². The molecule has 8 nitrogen and oxygen atoms in total. The van der Waals surface area contributed by atoms with Crippen LogP contribution in [0.2, 0.25) is 0 Å². The number of ether oxygens (including phenoxy) is 2. The summed E-state index contributed by atoms with van der Waals surface area (Å²) in [4.78, 5) is 23.1. The fourth-order valence-corrected chi connectivity index (χ4v) is 3.08. The minimum absolute atomic E-state index is 0.174. The van der Waals surface area contributed by atoms with Gasteiger partial charge in [-0.1, -0.05) is 29.9 Å². The van der Waals surface area contributed by atoms with Crippen LogP contribution in [0.3, 0.4) is 0 Å². The van der Waals surface area contributed by atoms with Crippen LogP contribution < -0.4 is 15.0 Å². The summed E-state index contributed by atoms with van der Waals surface area (Å²) in [6.45, 7) is 1.95. The van der Waals surface area contributed by atoms with Crippen molar-refractivity contribution in [2.45, 2.75) is 24.3 Å². The largest absolute Gasteiger partial charge is 0.493 e. The Morgan fingerprint density at radius 1 is 1.23 bits per heavy atom. The molecular formula is C17H18N4O4S. The molecule has 0 radical (unpaired) electrons. The molecule has 0 saturated carbocycles. The molecule has 1 N–H and O–H groups in total. The molecule has 0 saturated heterocycles. The fourth-order valence-electron chi connectivity index (χ4n) is 2.35. The Morgan fingerprint density at radius 2 is 2.08 bits per heavy atom. The third-order valence-corrected chi connectivity index (χ3v) is 4.44. The summed E-state index contributed by atoms with van der Waals surface area (Å²) in [5.74, 6) is 2.33. The summed E-state index contributed by atoms with van der Waals surface area (Å²) in [7, 11) is 3.12. The second-order valence-electron chi connectivity index (χ2n) is 5.24. The van der Waals surface area contributed by atoms with E-state index in [-0.39, 0.29) is 5.56 Å². The van der Waals surface area contributed by atoms with Gasteiger partial charge in [-0.3, -0.25) is 4.79 Å². The molecule has 0 amide bonds. The van der Waals surface area contributed by atoms with Crippen molar-refractivity contribution >= 4 is 11.8 Å². The summed E-state index contributed by atoms with van der Waals surface area (Å²) >= 11 is 1.32. The number of nitrogens with zero attached hydrogens (tertiary/aromatic N) is 3. The van der Waals surface area contributed by atoms with Crippen molar-refractivity contribution in [3.8, 4) is 22.9 Å². The van der Waals surface area contributed by atoms with Gasteiger partial charge in [-0.2, -0.15) is 4.98 Å². The van der Waals surface area contributed by atoms with Crippen molar-refractivity contribution in [1.82, 2.24) is 20.1 Å². The fraction of sp³-hybridized carbons (Fsp3) is 0.294. The van der Waals surface area contributed by atoms with Crippen molar-refractivity contribution in [2.75, 3.05) is 14.2 Å². The summed E-state index contributed by atoms with van der Waals surface area (Å²) in [5.41, 5.74) is 1.24. The van der Waals surface area contributed by atoms with Gasteiger partial charge in [0.15, 0.2) is 16.7 Å². The minimum atomic E-state index is -0.174. The number of para-hydroxylation sites is 1. The van der Waals surface area contributed by atoms with Crippen molar-refractivity contribution in [3.05, 3.63) is 46.2 Å². The number of H-pyrrole nitrogens is 1. The molecule has 1 aromatic carbocycles. The van der Waals surface area contributed by atoms with E-state index < -0.39 is 0 Å². The molecule has 0 unspecified atom stereocenters. The van der Waals surface area contributed by atoms with Crippen molar-refractivity contribution in [2.24, 2.45) is 0 Å². The number of aromatic amines is 1. The van der Waals surface area contributed by atoms with Gasteiger partial charge in [0.25, 0.3) is 5.56 Å². The first-order valence-electron chi connectivity index (χ1n) is 7.91. The van der Waals surface area contributed by atoms with Crippen LogP contribution in [0, 0.1) is 0 Å². The van der Waals surface area contributed by atoms with Gasteiger partial charge in [-0.15, -0.1) is 0 Å². The number of benzene rings is 1. The molecule has 0 aliphatic carbocycles. The van der Waals surface area contributed by atoms with Crippen LogP contribution in [0.5, 0.6) is 11.5 Å². The van der Waals surface area contributed by atoms with Crippen LogP contribution in [0.4, 0.5) is 0 Å². The van der Waals surface area contributed by atoms with Crippen LogP contribution in [0.1, 0.15) is 18.5 Å². The molecule has 0 bridgehead atoms. The van der Waals surface area contributed by atoms with E-state index >= 15 is 0 Å². The van der Waals surface area contributed by atoms with Gasteiger partial charge in [0.2, 0.25) is 11.7 Å². The number of methoxy groups -OCH3 is 2. The average molecular weight is 374 g/mol. The Kier molecular flexibility index (Phi) is 5.57. The third kappa shape index (κ3) is 3.88. The molecule has 0 atom stereocenters. The molecule has 3 rings (SSSR count). The van der Waals surface area contributed by atoms with E-state index in [2.05, 4.69) is 20.1 Å². The number of thioether (sulfide) groups is 1. The van der Waals surface area contributed by atoms with Crippen molar-refractivity contribution in [3.63, 3.8) is 0 Å². The zero-order chi connectivity index (χ0) is 18.5. The second-order valence-corrected chi connectivity index (χ2v) is 6.20. The number of nitrogens with one attached hydrogen (secondary N) is 1. The van der Waals surface area contributed by atoms with Gasteiger partial charge in [-0.25, -0.2) is 4.98 Å². The molecular weight excluding hydrogens is 356 g/mol. The summed E-state index contributed by atoms with van der Waals surface area (Å²) in [6.07, 6.45) is 0.692. The first kappa shape index (κ1) is 18.0. The topological polar surface area (TPSA) is 103 Å². The molecule has 0 aliphatic heterocycles. The van der Waals surface area contributed by atoms with E-state index in [1.165, 1.54) is 17.8 Å². The number of aryl methyl sites for hydroxylation is 1. The normalized spacial score (nSPS) is 10.7. The van der Waals surface area contributed by atoms with Gasteiger partial charge < -0.3 is 19.0 Å². The van der Waals surface area contributed by atoms with E-state index in [0.29, 0.717) is 46.1 Å². The van der Waals surface area contributed by atoms with Crippen LogP contribution in [-0.2, 0) is 12.2 Å². The summed E-state index contributed by atoms with van der Waals surface area (Å²) < 4.78 is 16.0. The highest BCUT2D eigenvalue weighted by atomic mass is 32.2. The lowest BCUT2D eigenvalue weighted by Crippen LogP contribution is -2.09. The average Bonchev–Trinajstić information content (AvgIpc) is 3.14. The molecule has 2 heterocycles. The second kappa shape index (κ2) is 8.05. The van der Waals surface area contributed by atoms with Crippen LogP contribution in [0.25, 0.3) is 11.4 Å². The molecule has 0 fully saturated rings. The maximum atomic E-state index is 11.6. The molecule has 0 aliphatic rings. The van der Waals surface area contributed by atoms with E-state index in [4.69, 9.17) is 14.0 Å². The summed E-state index contributed by atoms with van der Waals surface area (Å²) in [6, 6.07) is 6.94. The number of hydrogen-bond donors (Lipinski definition) is 1. The van der Waals surface area contributed by atoms with Gasteiger partial charge >= 0.3 is 0 Å². The first-order valence-corrected chi connectivity index (χ1v) is 8.90. The summed E-state index contributed by atoms with van der Waals surface area (Å²) in [5, 5.41) is 4.53. The quantitative estimate of drug-likeness (QED) is 0.497. The number of aromatic nitrogens is 4. The van der Waals surface area contributed by atoms with Crippen LogP contribution in [0.15, 0.2) is 38.7 Å². The Balaban J connectivity index is 1.79. The lowest BCUT2D eigenvalue weighted by molar-refractivity contribution is 0.355. The standard InChI is InChI=1S/C17H18N4O4S/c1-4-10-8-13(22)19-17(18-10)26-9-14-20-16(21-25-14)11-6-5-7-12(23-2)15(11)24-3/h5-8H,4,9H2,1-3H3,(H,18,19,22). The smallest absolute Gasteiger partial charge is 0.251 e. The SMILES string of the molecule is CCc1cc(=O)[nH]c(SCc2nc(-c3cccc(OC)c3OC)no2)n1. The zero-order valence-electron chi connectivity index (χ0n) is 14.6. The molecule has 9 heteroatoms. The van der Waals surface area contributed by atoms with Crippen LogP contribution >= 0.6 is 11.8 Å². The van der Waals surface area contributed by atoms with E-state index in [9.17, 15) is 4.79 Å². The van der Waals surface area contributed by atoms with E-state index in [1.807, 2.05) is 19.1 Å². The maximum Gasteiger partial charge on any atom is 0.251 e. The molecule has 0 spiro atoms. The van der Waals surface area contributed by atoms with E-state index in [0.717, 1.165) is 5.69 Å². The Bertz CT molecular complexity index is 954. The number of hydrogen-bond acceptors (Lipinski definition) is 8. The third-order valence-electron chi connectivity index (χ3n) is 3.58. The Morgan fingerprint density at radius 3 is 2.81 bits per heavy atom. The highest BCUT2D eigenvalue weighted by Crippen LogP contribution is 2.36. The Hall–Kier alpha value is -2.81. The minimum Gasteiger partial charge on any atom is -0.493 e. The van der Waals surface area contributed by atoms with Crippen LogP contribution in [-0.4, -0.2) is 34.3 Å². The lowest BCUT2D eigenvalue weighted by Gasteiger charge is -2.09. The predicted octanol–water partition coefficient (Wildman–Crippen LogP) is 2.69. The first-order chi connectivity index (χ1) is 12.6. The molecule has 3 aromatic rings. The highest BCUT2D eigenvalue weighted by molar-refractivity contribution is 7.98. The monoisotopic (exact) mass is 374 g/mol. The number of rotatable bonds is 7. The van der Waals surface area contributed by atoms with E-state index in [1.54, 1.807) is 20.3 Å². The molecule has 2 aromatic heterocycles. The zero-order valence-corrected chi connectivity index (χ0v) is 15.4. The van der Waals surface area contributed by atoms with Gasteiger partial charge in [0, 0.05) is 11.8 Å². The molecule has 26 heavy (non-hydrogen) atoms. The lowest BCUT2D eigenvalue weighted by atomic mass is 10.2. The van der Waals surface area contributed by atoms with Gasteiger partial charge in [0.1, 0.15) is 0 Å². The predicted molar refractivity (Wildman–Crippen MR) is 96.6 cm³/mol. The highest BCUT2D eigenvalue weighted by Gasteiger charge is 2.17. The van der Waals surface area contributed by atoms with Gasteiger partial charge in [-0.05, 0) is 18.6 Å². The maximum absolute atomic E-state index is 11.6.